The number of methoxy groups -OCH3 is 1. The molecule has 0 radical (unpaired) electrons. The van der Waals surface area contributed by atoms with Gasteiger partial charge in [-0.3, -0.25) is 9.59 Å². The van der Waals surface area contributed by atoms with Crippen LogP contribution in [-0.4, -0.2) is 67.9 Å². The molecule has 1 aromatic carbocycles. The zero-order valence-electron chi connectivity index (χ0n) is 13.6. The molecule has 1 heterocycles. The van der Waals surface area contributed by atoms with Crippen LogP contribution in [0.15, 0.2) is 23.1 Å². The number of carboxylic acids is 1. The molecule has 1 N–H and O–H groups in total. The predicted octanol–water partition coefficient (Wildman–Crippen LogP) is 0.311. The molecule has 0 unspecified atom stereocenters. The number of amides is 1. The monoisotopic (exact) mass is 356 g/mol. The minimum absolute atomic E-state index is 0.0929. The number of nitrogens with zero attached hydrogens (tertiary/aromatic N) is 2. The molecule has 1 aromatic rings. The average Bonchev–Trinajstić information content (AvgIpc) is 2.54. The SMILES string of the molecule is COc1ccc(C)cc1S(=O)(=O)N1CCN(C(=O)CC(=O)O)CC1. The fourth-order valence-corrected chi connectivity index (χ4v) is 4.21. The number of aryl methyl sites for hydroxylation is 1. The highest BCUT2D eigenvalue weighted by molar-refractivity contribution is 7.89. The Bertz CT molecular complexity index is 738. The van der Waals surface area contributed by atoms with Gasteiger partial charge in [0, 0.05) is 26.2 Å². The van der Waals surface area contributed by atoms with Crippen molar-refractivity contribution in [1.29, 1.82) is 0 Å². The molecule has 1 aliphatic rings. The fourth-order valence-electron chi connectivity index (χ4n) is 2.54. The maximum absolute atomic E-state index is 12.8. The number of carbonyl (C=O) groups excluding carboxylic acids is 1. The summed E-state index contributed by atoms with van der Waals surface area (Å²) in [5.74, 6) is -1.43. The number of carboxylic acid groups (broad SMARTS) is 1. The molecule has 0 atom stereocenters. The number of hydrogen-bond donors (Lipinski definition) is 1. The number of aliphatic carboxylic acids is 1. The molecule has 1 saturated heterocycles. The van der Waals surface area contributed by atoms with Crippen LogP contribution < -0.4 is 4.74 Å². The van der Waals surface area contributed by atoms with E-state index in [0.717, 1.165) is 5.56 Å². The second-order valence-electron chi connectivity index (χ2n) is 5.51. The topological polar surface area (TPSA) is 104 Å². The molecule has 0 bridgehead atoms. The van der Waals surface area contributed by atoms with Crippen molar-refractivity contribution in [2.24, 2.45) is 0 Å². The summed E-state index contributed by atoms with van der Waals surface area (Å²) in [4.78, 5) is 23.8. The Morgan fingerprint density at radius 2 is 1.83 bits per heavy atom. The highest BCUT2D eigenvalue weighted by Crippen LogP contribution is 2.28. The van der Waals surface area contributed by atoms with Crippen molar-refractivity contribution in [3.63, 3.8) is 0 Å². The molecule has 132 valence electrons. The van der Waals surface area contributed by atoms with Crippen molar-refractivity contribution in [2.45, 2.75) is 18.2 Å². The molecule has 0 saturated carbocycles. The van der Waals surface area contributed by atoms with Crippen LogP contribution in [0.3, 0.4) is 0 Å². The standard InChI is InChI=1S/C15H20N2O6S/c1-11-3-4-12(23-2)13(9-11)24(21,22)17-7-5-16(6-8-17)14(18)10-15(19)20/h3-4,9H,5-8,10H2,1-2H3,(H,19,20). The van der Waals surface area contributed by atoms with E-state index in [1.54, 1.807) is 25.1 Å². The largest absolute Gasteiger partial charge is 0.495 e. The maximum atomic E-state index is 12.8. The van der Waals surface area contributed by atoms with E-state index in [2.05, 4.69) is 0 Å². The van der Waals surface area contributed by atoms with Gasteiger partial charge in [0.15, 0.2) is 0 Å². The number of carbonyl (C=O) groups is 2. The minimum atomic E-state index is -3.75. The Balaban J connectivity index is 2.15. The number of ether oxygens (including phenoxy) is 1. The first kappa shape index (κ1) is 18.2. The Kier molecular flexibility index (Phi) is 5.45. The lowest BCUT2D eigenvalue weighted by molar-refractivity contribution is -0.144. The number of piperazine rings is 1. The molecule has 2 rings (SSSR count). The highest BCUT2D eigenvalue weighted by atomic mass is 32.2. The van der Waals surface area contributed by atoms with Crippen LogP contribution in [0.1, 0.15) is 12.0 Å². The molecule has 8 nitrogen and oxygen atoms in total. The Morgan fingerprint density at radius 3 is 2.38 bits per heavy atom. The van der Waals surface area contributed by atoms with Crippen molar-refractivity contribution < 1.29 is 27.9 Å². The van der Waals surface area contributed by atoms with Gasteiger partial charge in [0.05, 0.1) is 7.11 Å². The predicted molar refractivity (Wildman–Crippen MR) is 85.3 cm³/mol. The first-order valence-electron chi connectivity index (χ1n) is 7.40. The van der Waals surface area contributed by atoms with E-state index in [0.29, 0.717) is 0 Å². The van der Waals surface area contributed by atoms with Crippen LogP contribution in [-0.2, 0) is 19.6 Å². The third kappa shape index (κ3) is 3.85. The molecule has 0 aliphatic carbocycles. The Morgan fingerprint density at radius 1 is 1.21 bits per heavy atom. The number of rotatable bonds is 5. The number of sulfonamides is 1. The van der Waals surface area contributed by atoms with E-state index >= 15 is 0 Å². The lowest BCUT2D eigenvalue weighted by Gasteiger charge is -2.34. The van der Waals surface area contributed by atoms with Gasteiger partial charge in [-0.25, -0.2) is 8.42 Å². The zero-order valence-corrected chi connectivity index (χ0v) is 14.4. The van der Waals surface area contributed by atoms with Crippen molar-refractivity contribution in [2.75, 3.05) is 33.3 Å². The van der Waals surface area contributed by atoms with Crippen LogP contribution in [0.2, 0.25) is 0 Å². The maximum Gasteiger partial charge on any atom is 0.312 e. The van der Waals surface area contributed by atoms with Gasteiger partial charge >= 0.3 is 5.97 Å². The third-order valence-electron chi connectivity index (χ3n) is 3.83. The summed E-state index contributed by atoms with van der Waals surface area (Å²) in [6.07, 6.45) is -0.585. The molecule has 1 amide bonds. The molecular formula is C15H20N2O6S. The summed E-state index contributed by atoms with van der Waals surface area (Å²) in [6, 6.07) is 4.92. The summed E-state index contributed by atoms with van der Waals surface area (Å²) in [6.45, 7) is 2.36. The molecule has 9 heteroatoms. The first-order chi connectivity index (χ1) is 11.3. The lowest BCUT2D eigenvalue weighted by atomic mass is 10.2. The van der Waals surface area contributed by atoms with Crippen molar-refractivity contribution in [1.82, 2.24) is 9.21 Å². The van der Waals surface area contributed by atoms with Gasteiger partial charge in [-0.1, -0.05) is 6.07 Å². The van der Waals surface area contributed by atoms with E-state index in [1.807, 2.05) is 0 Å². The summed E-state index contributed by atoms with van der Waals surface area (Å²) in [7, 11) is -2.34. The fraction of sp³-hybridized carbons (Fsp3) is 0.467. The molecule has 1 aliphatic heterocycles. The van der Waals surface area contributed by atoms with Crippen LogP contribution in [0.5, 0.6) is 5.75 Å². The second kappa shape index (κ2) is 7.18. The van der Waals surface area contributed by atoms with Gasteiger partial charge < -0.3 is 14.7 Å². The molecular weight excluding hydrogens is 336 g/mol. The second-order valence-corrected chi connectivity index (χ2v) is 7.42. The minimum Gasteiger partial charge on any atom is -0.495 e. The molecule has 0 spiro atoms. The van der Waals surface area contributed by atoms with E-state index in [-0.39, 0.29) is 36.8 Å². The Labute approximate surface area is 140 Å². The van der Waals surface area contributed by atoms with Crippen LogP contribution in [0, 0.1) is 6.92 Å². The summed E-state index contributed by atoms with van der Waals surface area (Å²) in [5, 5.41) is 8.66. The van der Waals surface area contributed by atoms with E-state index < -0.39 is 28.3 Å². The van der Waals surface area contributed by atoms with Gasteiger partial charge in [0.2, 0.25) is 15.9 Å². The normalized spacial score (nSPS) is 16.0. The average molecular weight is 356 g/mol. The third-order valence-corrected chi connectivity index (χ3v) is 5.75. The van der Waals surface area contributed by atoms with Crippen LogP contribution in [0.25, 0.3) is 0 Å². The van der Waals surface area contributed by atoms with Crippen LogP contribution >= 0.6 is 0 Å². The highest BCUT2D eigenvalue weighted by Gasteiger charge is 2.32. The van der Waals surface area contributed by atoms with Gasteiger partial charge in [0.25, 0.3) is 0 Å². The smallest absolute Gasteiger partial charge is 0.312 e. The quantitative estimate of drug-likeness (QED) is 0.762. The zero-order chi connectivity index (χ0) is 17.9. The van der Waals surface area contributed by atoms with E-state index in [1.165, 1.54) is 16.3 Å². The molecule has 1 fully saturated rings. The van der Waals surface area contributed by atoms with E-state index in [4.69, 9.17) is 9.84 Å². The lowest BCUT2D eigenvalue weighted by Crippen LogP contribution is -2.50. The van der Waals surface area contributed by atoms with Gasteiger partial charge in [-0.2, -0.15) is 4.31 Å². The molecule has 0 aromatic heterocycles. The van der Waals surface area contributed by atoms with E-state index in [9.17, 15) is 18.0 Å². The van der Waals surface area contributed by atoms with Crippen molar-refractivity contribution in [3.8, 4) is 5.75 Å². The van der Waals surface area contributed by atoms with Gasteiger partial charge in [-0.05, 0) is 24.6 Å². The van der Waals surface area contributed by atoms with Crippen molar-refractivity contribution in [3.05, 3.63) is 23.8 Å². The van der Waals surface area contributed by atoms with Gasteiger partial charge in [0.1, 0.15) is 17.1 Å². The summed E-state index contributed by atoms with van der Waals surface area (Å²) >= 11 is 0. The number of hydrogen-bond acceptors (Lipinski definition) is 5. The summed E-state index contributed by atoms with van der Waals surface area (Å²) < 4.78 is 32.1. The van der Waals surface area contributed by atoms with Crippen LogP contribution in [0.4, 0.5) is 0 Å². The summed E-state index contributed by atoms with van der Waals surface area (Å²) in [5.41, 5.74) is 0.796. The van der Waals surface area contributed by atoms with Crippen molar-refractivity contribution >= 4 is 21.9 Å². The Hall–Kier alpha value is -2.13. The number of benzene rings is 1. The molecule has 24 heavy (non-hydrogen) atoms. The van der Waals surface area contributed by atoms with Gasteiger partial charge in [-0.15, -0.1) is 0 Å². The first-order valence-corrected chi connectivity index (χ1v) is 8.84.